The summed E-state index contributed by atoms with van der Waals surface area (Å²) in [5.41, 5.74) is -0.773. The van der Waals surface area contributed by atoms with Crippen molar-refractivity contribution in [3.05, 3.63) is 12.2 Å². The largest absolute Gasteiger partial charge is 0.463 e. The predicted octanol–water partition coefficient (Wildman–Crippen LogP) is 2.75. The van der Waals surface area contributed by atoms with Crippen molar-refractivity contribution in [3.8, 4) is 0 Å². The van der Waals surface area contributed by atoms with Gasteiger partial charge in [0.15, 0.2) is 0 Å². The van der Waals surface area contributed by atoms with Gasteiger partial charge in [0, 0.05) is 12.5 Å². The minimum Gasteiger partial charge on any atom is -0.463 e. The van der Waals surface area contributed by atoms with Gasteiger partial charge in [0.1, 0.15) is 5.60 Å². The average Bonchev–Trinajstić information content (AvgIpc) is 2.60. The Morgan fingerprint density at radius 2 is 2.00 bits per heavy atom. The van der Waals surface area contributed by atoms with Crippen LogP contribution in [0, 0.1) is 0 Å². The molecular formula is C14H21F2NO4. The van der Waals surface area contributed by atoms with Crippen LogP contribution in [-0.4, -0.2) is 47.7 Å². The monoisotopic (exact) mass is 305 g/mol. The highest BCUT2D eigenvalue weighted by Crippen LogP contribution is 2.33. The molecule has 1 fully saturated rings. The number of hydrogen-bond donors (Lipinski definition) is 0. The van der Waals surface area contributed by atoms with Crippen molar-refractivity contribution in [1.29, 1.82) is 0 Å². The zero-order valence-corrected chi connectivity index (χ0v) is 12.7. The van der Waals surface area contributed by atoms with E-state index >= 15 is 0 Å². The maximum absolute atomic E-state index is 13.5. The summed E-state index contributed by atoms with van der Waals surface area (Å²) in [6.45, 7) is 6.08. The Kier molecular flexibility index (Phi) is 5.31. The molecule has 0 saturated carbocycles. The summed E-state index contributed by atoms with van der Waals surface area (Å²) in [4.78, 5) is 24.1. The van der Waals surface area contributed by atoms with Gasteiger partial charge in [0.2, 0.25) is 0 Å². The maximum atomic E-state index is 13.5. The van der Waals surface area contributed by atoms with Gasteiger partial charge in [-0.2, -0.15) is 0 Å². The summed E-state index contributed by atoms with van der Waals surface area (Å²) in [6.07, 6.45) is 0.955. The highest BCUT2D eigenvalue weighted by Gasteiger charge is 2.47. The van der Waals surface area contributed by atoms with Gasteiger partial charge in [0.25, 0.3) is 5.92 Å². The number of nitrogens with zero attached hydrogens (tertiary/aromatic N) is 1. The molecule has 1 rings (SSSR count). The Bertz CT molecular complexity index is 429. The van der Waals surface area contributed by atoms with E-state index in [1.54, 1.807) is 27.7 Å². The number of carbonyl (C=O) groups excluding carboxylic acids is 2. The Hall–Kier alpha value is -1.66. The fraction of sp³-hybridized carbons (Fsp3) is 0.714. The third-order valence-electron chi connectivity index (χ3n) is 2.68. The van der Waals surface area contributed by atoms with Crippen LogP contribution in [0.15, 0.2) is 12.2 Å². The minimum atomic E-state index is -3.00. The van der Waals surface area contributed by atoms with E-state index in [9.17, 15) is 18.4 Å². The van der Waals surface area contributed by atoms with Crippen LogP contribution >= 0.6 is 0 Å². The first-order valence-corrected chi connectivity index (χ1v) is 6.76. The van der Waals surface area contributed by atoms with Crippen LogP contribution in [-0.2, 0) is 14.3 Å². The van der Waals surface area contributed by atoms with Crippen molar-refractivity contribution in [2.45, 2.75) is 51.7 Å². The number of ether oxygens (including phenoxy) is 2. The number of alkyl halides is 2. The number of halogens is 2. The summed E-state index contributed by atoms with van der Waals surface area (Å²) in [5.74, 6) is -3.63. The van der Waals surface area contributed by atoms with Crippen LogP contribution in [0.5, 0.6) is 0 Å². The van der Waals surface area contributed by atoms with E-state index in [-0.39, 0.29) is 6.61 Å². The van der Waals surface area contributed by atoms with Gasteiger partial charge in [-0.05, 0) is 27.7 Å². The molecule has 0 spiro atoms. The minimum absolute atomic E-state index is 0.194. The standard InChI is InChI=1S/C14H21F2NO4/c1-5-20-11(18)7-6-10-8-14(15,16)9-17(10)12(19)21-13(2,3)4/h6-7,10H,5,8-9H2,1-4H3/b7-6+/t10-/m0/s1. The second-order valence-corrected chi connectivity index (χ2v) is 5.85. The molecule has 7 heteroatoms. The molecule has 0 aromatic rings. The number of rotatable bonds is 3. The van der Waals surface area contributed by atoms with Crippen LogP contribution in [0.25, 0.3) is 0 Å². The Balaban J connectivity index is 2.79. The Labute approximate surface area is 122 Å². The first kappa shape index (κ1) is 17.4. The quantitative estimate of drug-likeness (QED) is 0.594. The van der Waals surface area contributed by atoms with Crippen LogP contribution < -0.4 is 0 Å². The van der Waals surface area contributed by atoms with Crippen molar-refractivity contribution in [3.63, 3.8) is 0 Å². The number of hydrogen-bond acceptors (Lipinski definition) is 4. The lowest BCUT2D eigenvalue weighted by molar-refractivity contribution is -0.137. The molecule has 0 aliphatic carbocycles. The van der Waals surface area contributed by atoms with Gasteiger partial charge in [-0.1, -0.05) is 6.08 Å². The fourth-order valence-electron chi connectivity index (χ4n) is 1.92. The summed E-state index contributed by atoms with van der Waals surface area (Å²) in [6, 6.07) is -0.890. The van der Waals surface area contributed by atoms with E-state index in [1.807, 2.05) is 0 Å². The molecule has 0 bridgehead atoms. The lowest BCUT2D eigenvalue weighted by Crippen LogP contribution is -2.40. The van der Waals surface area contributed by atoms with E-state index in [1.165, 1.54) is 6.08 Å². The highest BCUT2D eigenvalue weighted by atomic mass is 19.3. The van der Waals surface area contributed by atoms with E-state index in [0.717, 1.165) is 11.0 Å². The van der Waals surface area contributed by atoms with Gasteiger partial charge in [-0.15, -0.1) is 0 Å². The second-order valence-electron chi connectivity index (χ2n) is 5.85. The summed E-state index contributed by atoms with van der Waals surface area (Å²) >= 11 is 0. The molecule has 0 aromatic heterocycles. The molecule has 1 aliphatic heterocycles. The molecule has 21 heavy (non-hydrogen) atoms. The van der Waals surface area contributed by atoms with Crippen molar-refractivity contribution in [2.24, 2.45) is 0 Å². The third kappa shape index (κ3) is 5.69. The lowest BCUT2D eigenvalue weighted by Gasteiger charge is -2.26. The molecule has 0 N–H and O–H groups in total. The smallest absolute Gasteiger partial charge is 0.410 e. The van der Waals surface area contributed by atoms with Gasteiger partial charge in [-0.3, -0.25) is 4.90 Å². The van der Waals surface area contributed by atoms with Crippen LogP contribution in [0.4, 0.5) is 13.6 Å². The Morgan fingerprint density at radius 3 is 2.52 bits per heavy atom. The lowest BCUT2D eigenvalue weighted by atomic mass is 10.2. The third-order valence-corrected chi connectivity index (χ3v) is 2.68. The van der Waals surface area contributed by atoms with E-state index < -0.39 is 42.6 Å². The number of amides is 1. The van der Waals surface area contributed by atoms with Gasteiger partial charge in [0.05, 0.1) is 19.2 Å². The SMILES string of the molecule is CCOC(=O)/C=C/[C@H]1CC(F)(F)CN1C(=O)OC(C)(C)C. The molecular weight excluding hydrogens is 284 g/mol. The normalized spacial score (nSPS) is 21.6. The molecule has 1 aliphatic rings. The molecule has 5 nitrogen and oxygen atoms in total. The highest BCUT2D eigenvalue weighted by molar-refractivity contribution is 5.82. The molecule has 120 valence electrons. The van der Waals surface area contributed by atoms with Gasteiger partial charge < -0.3 is 9.47 Å². The average molecular weight is 305 g/mol. The van der Waals surface area contributed by atoms with Crippen LogP contribution in [0.1, 0.15) is 34.1 Å². The fourth-order valence-corrected chi connectivity index (χ4v) is 1.92. The molecule has 1 amide bonds. The van der Waals surface area contributed by atoms with Crippen molar-refractivity contribution in [1.82, 2.24) is 4.90 Å². The van der Waals surface area contributed by atoms with E-state index in [0.29, 0.717) is 0 Å². The second kappa shape index (κ2) is 6.41. The predicted molar refractivity (Wildman–Crippen MR) is 72.1 cm³/mol. The summed E-state index contributed by atoms with van der Waals surface area (Å²) in [7, 11) is 0. The van der Waals surface area contributed by atoms with Crippen molar-refractivity contribution >= 4 is 12.1 Å². The van der Waals surface area contributed by atoms with Gasteiger partial charge >= 0.3 is 12.1 Å². The molecule has 0 radical (unpaired) electrons. The van der Waals surface area contributed by atoms with E-state index in [4.69, 9.17) is 4.74 Å². The zero-order chi connectivity index (χ0) is 16.3. The van der Waals surface area contributed by atoms with Crippen molar-refractivity contribution < 1.29 is 27.8 Å². The van der Waals surface area contributed by atoms with Crippen LogP contribution in [0.2, 0.25) is 0 Å². The topological polar surface area (TPSA) is 55.8 Å². The summed E-state index contributed by atoms with van der Waals surface area (Å²) < 4.78 is 36.8. The van der Waals surface area contributed by atoms with Crippen molar-refractivity contribution in [2.75, 3.05) is 13.2 Å². The van der Waals surface area contributed by atoms with Crippen LogP contribution in [0.3, 0.4) is 0 Å². The molecule has 1 saturated heterocycles. The maximum Gasteiger partial charge on any atom is 0.410 e. The Morgan fingerprint density at radius 1 is 1.38 bits per heavy atom. The first-order chi connectivity index (χ1) is 9.54. The molecule has 1 heterocycles. The van der Waals surface area contributed by atoms with E-state index in [2.05, 4.69) is 4.74 Å². The zero-order valence-electron chi connectivity index (χ0n) is 12.7. The molecule has 0 unspecified atom stereocenters. The number of esters is 1. The first-order valence-electron chi connectivity index (χ1n) is 6.76. The molecule has 0 aromatic carbocycles. The number of likely N-dealkylation sites (tertiary alicyclic amines) is 1. The molecule has 1 atom stereocenters. The van der Waals surface area contributed by atoms with Gasteiger partial charge in [-0.25, -0.2) is 18.4 Å². The number of carbonyl (C=O) groups is 2. The summed E-state index contributed by atoms with van der Waals surface area (Å²) in [5, 5.41) is 0.